The fourth-order valence-corrected chi connectivity index (χ4v) is 3.64. The van der Waals surface area contributed by atoms with E-state index in [4.69, 9.17) is 14.2 Å². The summed E-state index contributed by atoms with van der Waals surface area (Å²) in [5, 5.41) is 0. The van der Waals surface area contributed by atoms with E-state index in [2.05, 4.69) is 6.58 Å². The molecule has 1 atom stereocenters. The summed E-state index contributed by atoms with van der Waals surface area (Å²) in [4.78, 5) is 27.4. The zero-order valence-corrected chi connectivity index (χ0v) is 21.3. The zero-order valence-electron chi connectivity index (χ0n) is 21.3. The number of carbonyl (C=O) groups is 2. The van der Waals surface area contributed by atoms with Gasteiger partial charge in [0, 0.05) is 6.42 Å². The summed E-state index contributed by atoms with van der Waals surface area (Å²) in [6, 6.07) is 21.5. The molecule has 3 rings (SSSR count). The van der Waals surface area contributed by atoms with E-state index in [1.54, 1.807) is 69.3 Å². The van der Waals surface area contributed by atoms with Crippen molar-refractivity contribution in [1.29, 1.82) is 0 Å². The van der Waals surface area contributed by atoms with E-state index in [1.807, 2.05) is 12.1 Å². The third-order valence-electron chi connectivity index (χ3n) is 5.39. The van der Waals surface area contributed by atoms with Gasteiger partial charge in [-0.05, 0) is 56.2 Å². The second-order valence-electron chi connectivity index (χ2n) is 9.55. The Balaban J connectivity index is 2.07. The first kappa shape index (κ1) is 28.5. The third-order valence-corrected chi connectivity index (χ3v) is 5.39. The smallest absolute Gasteiger partial charge is 0.416 e. The van der Waals surface area contributed by atoms with Crippen LogP contribution in [-0.4, -0.2) is 23.1 Å². The molecule has 8 heteroatoms. The Labute approximate surface area is 219 Å². The van der Waals surface area contributed by atoms with E-state index in [1.165, 1.54) is 6.08 Å². The fraction of sp³-hybridized carbons (Fsp3) is 0.267. The molecule has 0 saturated carbocycles. The molecule has 0 bridgehead atoms. The molecule has 0 unspecified atom stereocenters. The maximum atomic E-state index is 13.9. The van der Waals surface area contributed by atoms with E-state index in [-0.39, 0.29) is 12.2 Å². The molecule has 0 N–H and O–H groups in total. The van der Waals surface area contributed by atoms with Gasteiger partial charge in [0.1, 0.15) is 11.4 Å². The van der Waals surface area contributed by atoms with Crippen molar-refractivity contribution in [2.75, 3.05) is 0 Å². The number of alkyl halides is 3. The summed E-state index contributed by atoms with van der Waals surface area (Å²) in [5.41, 5.74) is -3.02. The number of rotatable bonds is 9. The first-order valence-electron chi connectivity index (χ1n) is 11.9. The molecule has 0 aliphatic rings. The molecule has 5 nitrogen and oxygen atoms in total. The van der Waals surface area contributed by atoms with Gasteiger partial charge in [0.25, 0.3) is 0 Å². The van der Waals surface area contributed by atoms with Crippen molar-refractivity contribution in [3.05, 3.63) is 114 Å². The van der Waals surface area contributed by atoms with Gasteiger partial charge in [-0.2, -0.15) is 13.2 Å². The van der Waals surface area contributed by atoms with Crippen LogP contribution in [0, 0.1) is 0 Å². The number of esters is 2. The molecular weight excluding hydrogens is 497 g/mol. The van der Waals surface area contributed by atoms with Crippen molar-refractivity contribution in [1.82, 2.24) is 0 Å². The molecular formula is C30H29F3O5. The third kappa shape index (κ3) is 7.03. The van der Waals surface area contributed by atoms with Crippen LogP contribution in [0.2, 0.25) is 0 Å². The van der Waals surface area contributed by atoms with Crippen LogP contribution in [0.1, 0.15) is 50.0 Å². The van der Waals surface area contributed by atoms with Gasteiger partial charge < -0.3 is 14.2 Å². The summed E-state index contributed by atoms with van der Waals surface area (Å²) in [7, 11) is 0. The van der Waals surface area contributed by atoms with Crippen LogP contribution >= 0.6 is 0 Å². The van der Waals surface area contributed by atoms with Gasteiger partial charge >= 0.3 is 23.7 Å². The molecule has 0 saturated heterocycles. The highest BCUT2D eigenvalue weighted by molar-refractivity contribution is 6.04. The Morgan fingerprint density at radius 2 is 1.32 bits per heavy atom. The number of carbonyl (C=O) groups excluding carboxylic acids is 2. The lowest BCUT2D eigenvalue weighted by molar-refractivity contribution is -0.189. The Morgan fingerprint density at radius 1 is 0.816 bits per heavy atom. The molecule has 38 heavy (non-hydrogen) atoms. The standard InChI is InChI=1S/C30H29F3O5/c1-5-20-29(27(35)38-28(2,3)4,37-24-18-16-23(17-19-24)30(31,32)33)26(34)36-25(21-12-8-6-9-13-21)22-14-10-7-11-15-22/h5-19,25H,1,20H2,2-4H3/t29-/m0/s1. The number of halogens is 3. The normalized spacial score (nSPS) is 13.3. The molecule has 3 aromatic rings. The first-order chi connectivity index (χ1) is 17.9. The predicted molar refractivity (Wildman–Crippen MR) is 136 cm³/mol. The van der Waals surface area contributed by atoms with Crippen LogP contribution in [-0.2, 0) is 25.2 Å². The molecule has 0 radical (unpaired) electrons. The molecule has 0 aliphatic heterocycles. The molecule has 0 amide bonds. The second kappa shape index (κ2) is 11.5. The van der Waals surface area contributed by atoms with Gasteiger partial charge in [0.05, 0.1) is 5.56 Å². The van der Waals surface area contributed by atoms with Gasteiger partial charge in [-0.3, -0.25) is 0 Å². The highest BCUT2D eigenvalue weighted by atomic mass is 19.4. The zero-order chi connectivity index (χ0) is 28.0. The van der Waals surface area contributed by atoms with E-state index >= 15 is 0 Å². The number of benzene rings is 3. The Morgan fingerprint density at radius 3 is 1.74 bits per heavy atom. The Kier molecular flexibility index (Phi) is 8.66. The average molecular weight is 527 g/mol. The maximum absolute atomic E-state index is 13.9. The fourth-order valence-electron chi connectivity index (χ4n) is 3.64. The van der Waals surface area contributed by atoms with Crippen molar-refractivity contribution in [2.45, 2.75) is 50.7 Å². The minimum atomic E-state index is -4.57. The highest BCUT2D eigenvalue weighted by Gasteiger charge is 2.53. The number of hydrogen-bond acceptors (Lipinski definition) is 5. The maximum Gasteiger partial charge on any atom is 0.416 e. The van der Waals surface area contributed by atoms with Crippen LogP contribution in [0.4, 0.5) is 13.2 Å². The lowest BCUT2D eigenvalue weighted by atomic mass is 9.97. The van der Waals surface area contributed by atoms with E-state index < -0.39 is 41.0 Å². The summed E-state index contributed by atoms with van der Waals surface area (Å²) < 4.78 is 56.6. The van der Waals surface area contributed by atoms with Gasteiger partial charge in [-0.15, -0.1) is 6.58 Å². The summed E-state index contributed by atoms with van der Waals surface area (Å²) in [5.74, 6) is -2.29. The Bertz CT molecular complexity index is 1190. The van der Waals surface area contributed by atoms with Gasteiger partial charge in [-0.1, -0.05) is 66.7 Å². The second-order valence-corrected chi connectivity index (χ2v) is 9.55. The van der Waals surface area contributed by atoms with E-state index in [0.29, 0.717) is 11.1 Å². The molecule has 0 fully saturated rings. The molecule has 0 aromatic heterocycles. The minimum absolute atomic E-state index is 0.154. The van der Waals surface area contributed by atoms with Crippen LogP contribution in [0.3, 0.4) is 0 Å². The average Bonchev–Trinajstić information content (AvgIpc) is 2.86. The number of hydrogen-bond donors (Lipinski definition) is 0. The van der Waals surface area contributed by atoms with Crippen molar-refractivity contribution < 1.29 is 37.0 Å². The van der Waals surface area contributed by atoms with Gasteiger partial charge in [-0.25, -0.2) is 9.59 Å². The van der Waals surface area contributed by atoms with Gasteiger partial charge in [0.15, 0.2) is 6.10 Å². The van der Waals surface area contributed by atoms with Gasteiger partial charge in [0.2, 0.25) is 0 Å². The van der Waals surface area contributed by atoms with Crippen molar-refractivity contribution in [3.63, 3.8) is 0 Å². The summed E-state index contributed by atoms with van der Waals surface area (Å²) in [6.45, 7) is 8.49. The quantitative estimate of drug-likeness (QED) is 0.170. The molecule has 0 heterocycles. The van der Waals surface area contributed by atoms with Crippen molar-refractivity contribution in [3.8, 4) is 5.75 Å². The largest absolute Gasteiger partial charge is 0.464 e. The Hall–Kier alpha value is -4.07. The molecule has 200 valence electrons. The summed E-state index contributed by atoms with van der Waals surface area (Å²) >= 11 is 0. The SMILES string of the molecule is C=CC[C@](Oc1ccc(C(F)(F)F)cc1)(C(=O)OC(c1ccccc1)c1ccccc1)C(=O)OC(C)(C)C. The monoisotopic (exact) mass is 526 g/mol. The van der Waals surface area contributed by atoms with Crippen molar-refractivity contribution in [2.24, 2.45) is 0 Å². The topological polar surface area (TPSA) is 61.8 Å². The predicted octanol–water partition coefficient (Wildman–Crippen LogP) is 7.07. The lowest BCUT2D eigenvalue weighted by Crippen LogP contribution is -2.55. The van der Waals surface area contributed by atoms with Crippen LogP contribution in [0.15, 0.2) is 97.6 Å². The van der Waals surface area contributed by atoms with E-state index in [0.717, 1.165) is 24.3 Å². The first-order valence-corrected chi connectivity index (χ1v) is 11.9. The summed E-state index contributed by atoms with van der Waals surface area (Å²) in [6.07, 6.45) is -4.56. The van der Waals surface area contributed by atoms with Crippen LogP contribution in [0.5, 0.6) is 5.75 Å². The van der Waals surface area contributed by atoms with Crippen molar-refractivity contribution >= 4 is 11.9 Å². The van der Waals surface area contributed by atoms with Crippen LogP contribution < -0.4 is 4.74 Å². The van der Waals surface area contributed by atoms with Crippen LogP contribution in [0.25, 0.3) is 0 Å². The lowest BCUT2D eigenvalue weighted by Gasteiger charge is -2.33. The molecule has 3 aromatic carbocycles. The molecule has 0 spiro atoms. The number of ether oxygens (including phenoxy) is 3. The highest BCUT2D eigenvalue weighted by Crippen LogP contribution is 2.34. The molecule has 0 aliphatic carbocycles. The minimum Gasteiger partial charge on any atom is -0.464 e. The van der Waals surface area contributed by atoms with E-state index in [9.17, 15) is 22.8 Å².